The average molecular weight is 225 g/mol. The van der Waals surface area contributed by atoms with Gasteiger partial charge in [-0.1, -0.05) is 11.8 Å². The van der Waals surface area contributed by atoms with E-state index in [2.05, 4.69) is 9.97 Å². The zero-order chi connectivity index (χ0) is 11.6. The lowest BCUT2D eigenvalue weighted by Crippen LogP contribution is -2.22. The molecule has 0 aromatic carbocycles. The summed E-state index contributed by atoms with van der Waals surface area (Å²) in [6.45, 7) is 7.60. The fraction of sp³-hybridized carbons (Fsp3) is 0.500. The molecule has 1 amide bonds. The number of amides is 1. The molecule has 0 saturated heterocycles. The Hall–Kier alpha value is -1.10. The molecule has 0 radical (unpaired) electrons. The number of carbonyl (C=O) groups is 1. The van der Waals surface area contributed by atoms with Crippen molar-refractivity contribution in [2.45, 2.75) is 38.1 Å². The van der Waals surface area contributed by atoms with Crippen molar-refractivity contribution in [3.63, 3.8) is 0 Å². The first kappa shape index (κ1) is 12.0. The quantitative estimate of drug-likeness (QED) is 0.623. The van der Waals surface area contributed by atoms with Gasteiger partial charge in [0.1, 0.15) is 0 Å². The minimum Gasteiger partial charge on any atom is -0.369 e. The Morgan fingerprint density at radius 3 is 2.13 bits per heavy atom. The van der Waals surface area contributed by atoms with E-state index in [9.17, 15) is 4.79 Å². The van der Waals surface area contributed by atoms with Gasteiger partial charge in [0, 0.05) is 11.4 Å². The fourth-order valence-corrected chi connectivity index (χ4v) is 1.82. The predicted octanol–water partition coefficient (Wildman–Crippen LogP) is 1.37. The molecule has 15 heavy (non-hydrogen) atoms. The van der Waals surface area contributed by atoms with Crippen molar-refractivity contribution >= 4 is 17.7 Å². The van der Waals surface area contributed by atoms with Crippen LogP contribution < -0.4 is 5.73 Å². The van der Waals surface area contributed by atoms with Gasteiger partial charge in [0.2, 0.25) is 5.91 Å². The molecule has 1 rings (SSSR count). The van der Waals surface area contributed by atoms with Crippen molar-refractivity contribution < 1.29 is 4.79 Å². The number of aryl methyl sites for hydroxylation is 2. The van der Waals surface area contributed by atoms with Crippen LogP contribution in [0.5, 0.6) is 0 Å². The first-order valence-corrected chi connectivity index (χ1v) is 5.57. The van der Waals surface area contributed by atoms with Crippen LogP contribution in [0.25, 0.3) is 0 Å². The summed E-state index contributed by atoms with van der Waals surface area (Å²) in [4.78, 5) is 19.5. The third-order valence-electron chi connectivity index (χ3n) is 2.29. The molecule has 82 valence electrons. The zero-order valence-corrected chi connectivity index (χ0v) is 10.2. The van der Waals surface area contributed by atoms with Gasteiger partial charge in [0.25, 0.3) is 0 Å². The number of rotatable bonds is 3. The van der Waals surface area contributed by atoms with Gasteiger partial charge in [0.05, 0.1) is 5.25 Å². The van der Waals surface area contributed by atoms with Crippen LogP contribution in [0.2, 0.25) is 0 Å². The molecular formula is C10H15N3OS. The Kier molecular flexibility index (Phi) is 3.68. The second kappa shape index (κ2) is 4.61. The highest BCUT2D eigenvalue weighted by molar-refractivity contribution is 8.00. The summed E-state index contributed by atoms with van der Waals surface area (Å²) in [6.07, 6.45) is 0. The molecule has 1 aromatic rings. The smallest absolute Gasteiger partial charge is 0.230 e. The van der Waals surface area contributed by atoms with Crippen molar-refractivity contribution in [1.29, 1.82) is 0 Å². The number of hydrogen-bond acceptors (Lipinski definition) is 4. The lowest BCUT2D eigenvalue weighted by molar-refractivity contribution is -0.117. The minimum atomic E-state index is -0.348. The largest absolute Gasteiger partial charge is 0.369 e. The van der Waals surface area contributed by atoms with Crippen LogP contribution in [-0.4, -0.2) is 21.1 Å². The van der Waals surface area contributed by atoms with Crippen molar-refractivity contribution in [3.05, 3.63) is 17.0 Å². The number of nitrogens with two attached hydrogens (primary N) is 1. The summed E-state index contributed by atoms with van der Waals surface area (Å²) in [5.74, 6) is -0.348. The molecule has 5 heteroatoms. The first-order chi connectivity index (χ1) is 6.91. The predicted molar refractivity (Wildman–Crippen MR) is 60.8 cm³/mol. The van der Waals surface area contributed by atoms with Gasteiger partial charge in [-0.15, -0.1) is 0 Å². The van der Waals surface area contributed by atoms with Crippen LogP contribution in [0.1, 0.15) is 23.9 Å². The third-order valence-corrected chi connectivity index (χ3v) is 3.27. The van der Waals surface area contributed by atoms with E-state index in [1.165, 1.54) is 11.8 Å². The van der Waals surface area contributed by atoms with Crippen molar-refractivity contribution in [2.75, 3.05) is 0 Å². The van der Waals surface area contributed by atoms with Gasteiger partial charge in [-0.05, 0) is 33.3 Å². The van der Waals surface area contributed by atoms with Crippen LogP contribution in [0, 0.1) is 20.8 Å². The molecule has 0 aliphatic heterocycles. The number of nitrogens with zero attached hydrogens (tertiary/aromatic N) is 2. The molecule has 1 heterocycles. The topological polar surface area (TPSA) is 68.9 Å². The number of aromatic nitrogens is 2. The van der Waals surface area contributed by atoms with Gasteiger partial charge in [-0.3, -0.25) is 4.79 Å². The lowest BCUT2D eigenvalue weighted by Gasteiger charge is -2.09. The number of primary amides is 1. The van der Waals surface area contributed by atoms with E-state index >= 15 is 0 Å². The first-order valence-electron chi connectivity index (χ1n) is 4.69. The van der Waals surface area contributed by atoms with Crippen LogP contribution >= 0.6 is 11.8 Å². The molecule has 0 spiro atoms. The summed E-state index contributed by atoms with van der Waals surface area (Å²) in [7, 11) is 0. The van der Waals surface area contributed by atoms with Crippen LogP contribution in [-0.2, 0) is 4.79 Å². The third kappa shape index (κ3) is 2.92. The summed E-state index contributed by atoms with van der Waals surface area (Å²) in [6, 6.07) is 0. The summed E-state index contributed by atoms with van der Waals surface area (Å²) in [5, 5.41) is 0.313. The van der Waals surface area contributed by atoms with Crippen molar-refractivity contribution in [2.24, 2.45) is 5.73 Å². The molecule has 0 aliphatic rings. The highest BCUT2D eigenvalue weighted by Crippen LogP contribution is 2.21. The maximum Gasteiger partial charge on any atom is 0.230 e. The molecule has 1 atom stereocenters. The van der Waals surface area contributed by atoms with Gasteiger partial charge in [0.15, 0.2) is 5.16 Å². The van der Waals surface area contributed by atoms with E-state index in [1.54, 1.807) is 6.92 Å². The van der Waals surface area contributed by atoms with Crippen LogP contribution in [0.3, 0.4) is 0 Å². The molecule has 0 unspecified atom stereocenters. The minimum absolute atomic E-state index is 0.300. The Morgan fingerprint density at radius 1 is 1.27 bits per heavy atom. The van der Waals surface area contributed by atoms with Crippen LogP contribution in [0.4, 0.5) is 0 Å². The Balaban J connectivity index is 2.92. The van der Waals surface area contributed by atoms with E-state index in [0.29, 0.717) is 5.16 Å². The molecule has 1 aromatic heterocycles. The summed E-state index contributed by atoms with van der Waals surface area (Å²) < 4.78 is 0. The summed E-state index contributed by atoms with van der Waals surface area (Å²) >= 11 is 1.29. The van der Waals surface area contributed by atoms with Gasteiger partial charge < -0.3 is 5.73 Å². The SMILES string of the molecule is Cc1nc(S[C@@H](C)C(N)=O)nc(C)c1C. The maximum atomic E-state index is 10.9. The van der Waals surface area contributed by atoms with E-state index < -0.39 is 0 Å². The Labute approximate surface area is 93.7 Å². The van der Waals surface area contributed by atoms with E-state index in [0.717, 1.165) is 17.0 Å². The molecule has 0 aliphatic carbocycles. The number of carbonyl (C=O) groups excluding carboxylic acids is 1. The Bertz CT molecular complexity index is 369. The van der Waals surface area contributed by atoms with Crippen molar-refractivity contribution in [1.82, 2.24) is 9.97 Å². The maximum absolute atomic E-state index is 10.9. The standard InChI is InChI=1S/C10H15N3OS/c1-5-6(2)12-10(13-7(5)3)15-8(4)9(11)14/h8H,1-4H3,(H2,11,14)/t8-/m0/s1. The molecule has 0 bridgehead atoms. The Morgan fingerprint density at radius 2 is 1.73 bits per heavy atom. The highest BCUT2D eigenvalue weighted by atomic mass is 32.2. The molecule has 4 nitrogen and oxygen atoms in total. The van der Waals surface area contributed by atoms with E-state index in [-0.39, 0.29) is 11.2 Å². The molecular weight excluding hydrogens is 210 g/mol. The normalized spacial score (nSPS) is 12.5. The monoisotopic (exact) mass is 225 g/mol. The van der Waals surface area contributed by atoms with Gasteiger partial charge in [-0.2, -0.15) is 0 Å². The van der Waals surface area contributed by atoms with Gasteiger partial charge in [-0.25, -0.2) is 9.97 Å². The lowest BCUT2D eigenvalue weighted by atomic mass is 10.2. The van der Waals surface area contributed by atoms with E-state index in [4.69, 9.17) is 5.73 Å². The van der Waals surface area contributed by atoms with Crippen molar-refractivity contribution in [3.8, 4) is 0 Å². The second-order valence-corrected chi connectivity index (χ2v) is 4.77. The average Bonchev–Trinajstić information content (AvgIpc) is 2.13. The molecule has 0 saturated carbocycles. The number of thioether (sulfide) groups is 1. The number of hydrogen-bond donors (Lipinski definition) is 1. The zero-order valence-electron chi connectivity index (χ0n) is 9.37. The molecule has 0 fully saturated rings. The van der Waals surface area contributed by atoms with Crippen LogP contribution in [0.15, 0.2) is 5.16 Å². The highest BCUT2D eigenvalue weighted by Gasteiger charge is 2.13. The van der Waals surface area contributed by atoms with E-state index in [1.807, 2.05) is 20.8 Å². The van der Waals surface area contributed by atoms with Gasteiger partial charge >= 0.3 is 0 Å². The molecule has 2 N–H and O–H groups in total. The summed E-state index contributed by atoms with van der Waals surface area (Å²) in [5.41, 5.74) is 8.16. The second-order valence-electron chi connectivity index (χ2n) is 3.46. The fourth-order valence-electron chi connectivity index (χ4n) is 1.01.